The molecule has 27 heavy (non-hydrogen) atoms. The topological polar surface area (TPSA) is 40.6 Å². The Morgan fingerprint density at radius 3 is 2.22 bits per heavy atom. The second kappa shape index (κ2) is 6.86. The van der Waals surface area contributed by atoms with Crippen molar-refractivity contribution in [2.45, 2.75) is 26.7 Å². The summed E-state index contributed by atoms with van der Waals surface area (Å²) in [6.07, 6.45) is 2.06. The number of imide groups is 1. The van der Waals surface area contributed by atoms with Gasteiger partial charge in [0.25, 0.3) is 11.8 Å². The van der Waals surface area contributed by atoms with Crippen molar-refractivity contribution in [3.8, 4) is 0 Å². The minimum absolute atomic E-state index is 0.236. The summed E-state index contributed by atoms with van der Waals surface area (Å²) in [5, 5.41) is 0.602. The third-order valence-corrected chi connectivity index (χ3v) is 5.68. The van der Waals surface area contributed by atoms with E-state index in [0.29, 0.717) is 22.0 Å². The van der Waals surface area contributed by atoms with Crippen LogP contribution in [0.4, 0.5) is 5.69 Å². The lowest BCUT2D eigenvalue weighted by Gasteiger charge is -2.21. The molecule has 0 radical (unpaired) electrons. The average molecular weight is 381 g/mol. The highest BCUT2D eigenvalue weighted by Gasteiger charge is 2.43. The van der Waals surface area contributed by atoms with E-state index in [9.17, 15) is 9.59 Å². The lowest BCUT2D eigenvalue weighted by molar-refractivity contribution is -0.120. The Morgan fingerprint density at radius 1 is 0.889 bits per heavy atom. The lowest BCUT2D eigenvalue weighted by Crippen LogP contribution is -2.35. The first-order chi connectivity index (χ1) is 13.0. The second-order valence-electron chi connectivity index (χ2n) is 7.09. The fraction of sp³-hybridized carbons (Fsp3) is 0.273. The predicted octanol–water partition coefficient (Wildman–Crippen LogP) is 4.34. The van der Waals surface area contributed by atoms with Crippen LogP contribution >= 0.6 is 11.6 Å². The zero-order valence-corrected chi connectivity index (χ0v) is 16.2. The minimum Gasteiger partial charge on any atom is -0.366 e. The summed E-state index contributed by atoms with van der Waals surface area (Å²) in [5.74, 6) is -0.501. The van der Waals surface area contributed by atoms with Gasteiger partial charge >= 0.3 is 0 Å². The van der Waals surface area contributed by atoms with Crippen molar-refractivity contribution in [2.75, 3.05) is 18.0 Å². The molecular weight excluding hydrogens is 360 g/mol. The summed E-state index contributed by atoms with van der Waals surface area (Å²) in [7, 11) is 0. The Balaban J connectivity index is 1.86. The van der Waals surface area contributed by atoms with E-state index in [1.807, 2.05) is 44.2 Å². The van der Waals surface area contributed by atoms with Gasteiger partial charge in [-0.2, -0.15) is 0 Å². The third-order valence-electron chi connectivity index (χ3n) is 5.43. The van der Waals surface area contributed by atoms with Crippen LogP contribution in [0.2, 0.25) is 5.02 Å². The molecule has 4 nitrogen and oxygen atoms in total. The molecule has 2 aliphatic heterocycles. The molecule has 0 saturated carbocycles. The molecule has 0 bridgehead atoms. The first-order valence-electron chi connectivity index (χ1n) is 9.19. The van der Waals surface area contributed by atoms with E-state index in [1.54, 1.807) is 12.1 Å². The van der Waals surface area contributed by atoms with Gasteiger partial charge in [-0.3, -0.25) is 9.59 Å². The highest BCUT2D eigenvalue weighted by atomic mass is 35.5. The fourth-order valence-corrected chi connectivity index (χ4v) is 3.95. The number of amides is 2. The van der Waals surface area contributed by atoms with Crippen LogP contribution in [-0.4, -0.2) is 29.8 Å². The molecule has 0 aliphatic carbocycles. The van der Waals surface area contributed by atoms with Gasteiger partial charge in [0, 0.05) is 18.1 Å². The zero-order valence-electron chi connectivity index (χ0n) is 15.5. The van der Waals surface area contributed by atoms with Gasteiger partial charge in [-0.05, 0) is 61.6 Å². The van der Waals surface area contributed by atoms with E-state index in [1.165, 1.54) is 4.90 Å². The van der Waals surface area contributed by atoms with Gasteiger partial charge in [0.05, 0.1) is 11.3 Å². The molecule has 0 atom stereocenters. The van der Waals surface area contributed by atoms with Crippen LogP contribution in [0.3, 0.4) is 0 Å². The van der Waals surface area contributed by atoms with Gasteiger partial charge in [0.1, 0.15) is 5.70 Å². The number of benzene rings is 2. The molecule has 0 unspecified atom stereocenters. The molecule has 2 aromatic carbocycles. The molecule has 4 rings (SSSR count). The largest absolute Gasteiger partial charge is 0.366 e. The van der Waals surface area contributed by atoms with E-state index in [-0.39, 0.29) is 11.8 Å². The smallest absolute Gasteiger partial charge is 0.282 e. The van der Waals surface area contributed by atoms with Gasteiger partial charge in [0.2, 0.25) is 0 Å². The number of anilines is 1. The van der Waals surface area contributed by atoms with Crippen molar-refractivity contribution in [3.63, 3.8) is 0 Å². The van der Waals surface area contributed by atoms with Gasteiger partial charge in [0.15, 0.2) is 0 Å². The van der Waals surface area contributed by atoms with Crippen LogP contribution in [0.5, 0.6) is 0 Å². The molecule has 2 amide bonds. The number of rotatable bonds is 3. The summed E-state index contributed by atoms with van der Waals surface area (Å²) in [6, 6.07) is 12.8. The standard InChI is InChI=1S/C22H21ClN2O2/c1-14-6-5-7-18(15(14)2)25-21(26)19(16-8-10-17(23)11-9-16)20(22(25)27)24-12-3-4-13-24/h5-11H,3-4,12-13H2,1-2H3. The molecule has 0 N–H and O–H groups in total. The monoisotopic (exact) mass is 380 g/mol. The van der Waals surface area contributed by atoms with Crippen molar-refractivity contribution in [1.82, 2.24) is 4.90 Å². The molecule has 2 aromatic rings. The van der Waals surface area contributed by atoms with Gasteiger partial charge in [-0.25, -0.2) is 4.90 Å². The molecule has 1 fully saturated rings. The summed E-state index contributed by atoms with van der Waals surface area (Å²) < 4.78 is 0. The first-order valence-corrected chi connectivity index (χ1v) is 9.57. The third kappa shape index (κ3) is 2.94. The second-order valence-corrected chi connectivity index (χ2v) is 7.53. The van der Waals surface area contributed by atoms with Crippen LogP contribution in [0.25, 0.3) is 5.57 Å². The number of hydrogen-bond donors (Lipinski definition) is 0. The molecule has 2 heterocycles. The van der Waals surface area contributed by atoms with Crippen molar-refractivity contribution in [1.29, 1.82) is 0 Å². The molecule has 0 aromatic heterocycles. The maximum atomic E-state index is 13.4. The maximum absolute atomic E-state index is 13.4. The quantitative estimate of drug-likeness (QED) is 0.744. The molecular formula is C22H21ClN2O2. The van der Waals surface area contributed by atoms with Crippen LogP contribution in [0.15, 0.2) is 48.2 Å². The maximum Gasteiger partial charge on any atom is 0.282 e. The Hall–Kier alpha value is -2.59. The number of carbonyl (C=O) groups is 2. The molecule has 1 saturated heterocycles. The normalized spacial score (nSPS) is 17.4. The van der Waals surface area contributed by atoms with E-state index < -0.39 is 0 Å². The Morgan fingerprint density at radius 2 is 1.56 bits per heavy atom. The molecule has 0 spiro atoms. The van der Waals surface area contributed by atoms with E-state index >= 15 is 0 Å². The summed E-state index contributed by atoms with van der Waals surface area (Å²) >= 11 is 6.02. The highest BCUT2D eigenvalue weighted by molar-refractivity contribution is 6.45. The summed E-state index contributed by atoms with van der Waals surface area (Å²) in [4.78, 5) is 30.2. The SMILES string of the molecule is Cc1cccc(N2C(=O)C(c3ccc(Cl)cc3)=C(N3CCCC3)C2=O)c1C. The van der Waals surface area contributed by atoms with Gasteiger partial charge in [-0.15, -0.1) is 0 Å². The van der Waals surface area contributed by atoms with E-state index in [0.717, 1.165) is 42.6 Å². The van der Waals surface area contributed by atoms with Crippen LogP contribution < -0.4 is 4.90 Å². The lowest BCUT2D eigenvalue weighted by atomic mass is 10.0. The number of carbonyl (C=O) groups excluding carboxylic acids is 2. The van der Waals surface area contributed by atoms with E-state index in [2.05, 4.69) is 4.90 Å². The number of hydrogen-bond acceptors (Lipinski definition) is 3. The summed E-state index contributed by atoms with van der Waals surface area (Å²) in [5.41, 5.74) is 4.37. The van der Waals surface area contributed by atoms with E-state index in [4.69, 9.17) is 11.6 Å². The van der Waals surface area contributed by atoms with Gasteiger partial charge in [-0.1, -0.05) is 35.9 Å². The Bertz CT molecular complexity index is 957. The highest BCUT2D eigenvalue weighted by Crippen LogP contribution is 2.37. The number of nitrogens with zero attached hydrogens (tertiary/aromatic N) is 2. The number of halogens is 1. The van der Waals surface area contributed by atoms with Crippen molar-refractivity contribution < 1.29 is 9.59 Å². The summed E-state index contributed by atoms with van der Waals surface area (Å²) in [6.45, 7) is 5.53. The predicted molar refractivity (Wildman–Crippen MR) is 108 cm³/mol. The first kappa shape index (κ1) is 17.8. The van der Waals surface area contributed by atoms with Crippen molar-refractivity contribution >= 4 is 34.7 Å². The molecule has 5 heteroatoms. The minimum atomic E-state index is -0.266. The van der Waals surface area contributed by atoms with Crippen molar-refractivity contribution in [3.05, 3.63) is 69.9 Å². The van der Waals surface area contributed by atoms with Crippen LogP contribution in [0, 0.1) is 13.8 Å². The fourth-order valence-electron chi connectivity index (χ4n) is 3.83. The Labute approximate surface area is 164 Å². The molecule has 2 aliphatic rings. The Kier molecular flexibility index (Phi) is 4.52. The van der Waals surface area contributed by atoms with Crippen LogP contribution in [0.1, 0.15) is 29.5 Å². The van der Waals surface area contributed by atoms with Crippen LogP contribution in [-0.2, 0) is 9.59 Å². The van der Waals surface area contributed by atoms with Crippen molar-refractivity contribution in [2.24, 2.45) is 0 Å². The number of aryl methyl sites for hydroxylation is 1. The molecule has 138 valence electrons. The average Bonchev–Trinajstić information content (AvgIpc) is 3.25. The van der Waals surface area contributed by atoms with Gasteiger partial charge < -0.3 is 4.90 Å². The number of likely N-dealkylation sites (tertiary alicyclic amines) is 1. The zero-order chi connectivity index (χ0) is 19.1.